The predicted molar refractivity (Wildman–Crippen MR) is 109 cm³/mol. The van der Waals surface area contributed by atoms with E-state index < -0.39 is 12.7 Å². The number of aryl methyl sites for hydroxylation is 1. The number of guanidine groups is 1. The minimum Gasteiger partial charge on any atom is -0.356 e. The van der Waals surface area contributed by atoms with Crippen LogP contribution >= 0.6 is 24.0 Å². The third-order valence-corrected chi connectivity index (χ3v) is 4.78. The van der Waals surface area contributed by atoms with E-state index in [0.29, 0.717) is 31.5 Å². The van der Waals surface area contributed by atoms with Gasteiger partial charge >= 0.3 is 6.18 Å². The number of hydrogen-bond acceptors (Lipinski definition) is 4. The third-order valence-electron chi connectivity index (χ3n) is 4.78. The van der Waals surface area contributed by atoms with Gasteiger partial charge in [0.1, 0.15) is 5.82 Å². The molecular formula is C16H29F3IN7. The van der Waals surface area contributed by atoms with Gasteiger partial charge in [-0.3, -0.25) is 9.89 Å². The molecule has 2 rings (SSSR count). The highest BCUT2D eigenvalue weighted by Crippen LogP contribution is 2.23. The van der Waals surface area contributed by atoms with Crippen LogP contribution in [-0.2, 0) is 13.6 Å². The van der Waals surface area contributed by atoms with Crippen molar-refractivity contribution < 1.29 is 13.2 Å². The lowest BCUT2D eigenvalue weighted by Gasteiger charge is -2.32. The van der Waals surface area contributed by atoms with E-state index in [4.69, 9.17) is 0 Å². The number of nitrogens with zero attached hydrogens (tertiary/aromatic N) is 5. The van der Waals surface area contributed by atoms with Crippen molar-refractivity contribution in [3.63, 3.8) is 0 Å². The molecule has 156 valence electrons. The minimum absolute atomic E-state index is 0. The molecular weight excluding hydrogens is 474 g/mol. The summed E-state index contributed by atoms with van der Waals surface area (Å²) in [6.07, 6.45) is -1.57. The first-order chi connectivity index (χ1) is 12.3. The average molecular weight is 503 g/mol. The van der Waals surface area contributed by atoms with Crippen LogP contribution < -0.4 is 10.6 Å². The summed E-state index contributed by atoms with van der Waals surface area (Å²) in [6, 6.07) is 0. The molecule has 0 unspecified atom stereocenters. The second-order valence-electron chi connectivity index (χ2n) is 6.70. The van der Waals surface area contributed by atoms with Gasteiger partial charge in [-0.2, -0.15) is 13.2 Å². The zero-order valence-electron chi connectivity index (χ0n) is 16.0. The second kappa shape index (κ2) is 11.0. The van der Waals surface area contributed by atoms with Crippen molar-refractivity contribution in [2.75, 3.05) is 33.2 Å². The molecule has 1 fully saturated rings. The van der Waals surface area contributed by atoms with Crippen molar-refractivity contribution in [1.82, 2.24) is 30.3 Å². The van der Waals surface area contributed by atoms with Crippen LogP contribution in [0.3, 0.4) is 0 Å². The molecule has 1 aromatic heterocycles. The molecule has 1 aliphatic rings. The van der Waals surface area contributed by atoms with E-state index in [1.807, 2.05) is 18.5 Å². The molecule has 0 aliphatic carbocycles. The van der Waals surface area contributed by atoms with Gasteiger partial charge in [0.25, 0.3) is 0 Å². The Labute approximate surface area is 175 Å². The van der Waals surface area contributed by atoms with E-state index >= 15 is 0 Å². The lowest BCUT2D eigenvalue weighted by Crippen LogP contribution is -2.41. The molecule has 1 saturated heterocycles. The van der Waals surface area contributed by atoms with E-state index in [9.17, 15) is 13.2 Å². The Bertz CT molecular complexity index is 595. The number of alkyl halides is 3. The van der Waals surface area contributed by atoms with Gasteiger partial charge in [-0.05, 0) is 45.2 Å². The Morgan fingerprint density at radius 1 is 1.22 bits per heavy atom. The van der Waals surface area contributed by atoms with Crippen LogP contribution in [0.1, 0.15) is 30.9 Å². The first kappa shape index (κ1) is 23.9. The maximum Gasteiger partial charge on any atom is 0.401 e. The Hall–Kier alpha value is -1.11. The Morgan fingerprint density at radius 3 is 2.41 bits per heavy atom. The lowest BCUT2D eigenvalue weighted by atomic mass is 9.93. The zero-order chi connectivity index (χ0) is 19.2. The van der Waals surface area contributed by atoms with Crippen molar-refractivity contribution >= 4 is 29.9 Å². The fourth-order valence-corrected chi connectivity index (χ4v) is 3.07. The maximum absolute atomic E-state index is 12.4. The molecule has 7 nitrogen and oxygen atoms in total. The first-order valence-corrected chi connectivity index (χ1v) is 8.87. The highest BCUT2D eigenvalue weighted by Gasteiger charge is 2.32. The minimum atomic E-state index is -4.10. The standard InChI is InChI=1S/C16H28F3N7.HI/c1-12-23-24-14(25(12)3)10-22-15(20-2)21-7-4-13-5-8-26(9-6-13)11-16(17,18)19;/h13H,4-11H2,1-3H3,(H2,20,21,22);1H. The Kier molecular flexibility index (Phi) is 9.77. The van der Waals surface area contributed by atoms with Crippen LogP contribution in [0.5, 0.6) is 0 Å². The molecule has 0 aromatic carbocycles. The van der Waals surface area contributed by atoms with Crippen LogP contribution in [0, 0.1) is 12.8 Å². The topological polar surface area (TPSA) is 70.4 Å². The highest BCUT2D eigenvalue weighted by molar-refractivity contribution is 14.0. The van der Waals surface area contributed by atoms with E-state index in [1.54, 1.807) is 7.05 Å². The number of likely N-dealkylation sites (tertiary alicyclic amines) is 1. The normalized spacial score (nSPS) is 16.9. The summed E-state index contributed by atoms with van der Waals surface area (Å²) in [7, 11) is 3.61. The third kappa shape index (κ3) is 8.20. The van der Waals surface area contributed by atoms with Gasteiger partial charge in [0, 0.05) is 20.6 Å². The number of nitrogens with one attached hydrogen (secondary N) is 2. The molecule has 0 saturated carbocycles. The number of aromatic nitrogens is 3. The van der Waals surface area contributed by atoms with E-state index in [-0.39, 0.29) is 24.0 Å². The molecule has 1 aliphatic heterocycles. The maximum atomic E-state index is 12.4. The highest BCUT2D eigenvalue weighted by atomic mass is 127. The monoisotopic (exact) mass is 503 g/mol. The number of aliphatic imine (C=N–C) groups is 1. The van der Waals surface area contributed by atoms with E-state index in [1.165, 1.54) is 4.90 Å². The smallest absolute Gasteiger partial charge is 0.356 e. The van der Waals surface area contributed by atoms with Crippen LogP contribution in [0.4, 0.5) is 13.2 Å². The Morgan fingerprint density at radius 2 is 1.89 bits per heavy atom. The summed E-state index contributed by atoms with van der Waals surface area (Å²) in [5.74, 6) is 2.80. The van der Waals surface area contributed by atoms with Crippen molar-refractivity contribution in [3.8, 4) is 0 Å². The first-order valence-electron chi connectivity index (χ1n) is 8.87. The molecule has 0 spiro atoms. The largest absolute Gasteiger partial charge is 0.401 e. The molecule has 2 heterocycles. The molecule has 0 atom stereocenters. The molecule has 11 heteroatoms. The molecule has 1 aromatic rings. The number of piperidine rings is 1. The van der Waals surface area contributed by atoms with Gasteiger partial charge in [-0.1, -0.05) is 0 Å². The SMILES string of the molecule is CN=C(NCCC1CCN(CC(F)(F)F)CC1)NCc1nnc(C)n1C.I. The number of halogens is 4. The van der Waals surface area contributed by atoms with E-state index in [0.717, 1.165) is 37.5 Å². The number of hydrogen-bond donors (Lipinski definition) is 2. The van der Waals surface area contributed by atoms with Crippen LogP contribution in [0.2, 0.25) is 0 Å². The average Bonchev–Trinajstić information content (AvgIpc) is 2.90. The fourth-order valence-electron chi connectivity index (χ4n) is 3.07. The van der Waals surface area contributed by atoms with Gasteiger partial charge in [-0.15, -0.1) is 34.2 Å². The Balaban J connectivity index is 0.00000364. The predicted octanol–water partition coefficient (Wildman–Crippen LogP) is 2.07. The fraction of sp³-hybridized carbons (Fsp3) is 0.812. The zero-order valence-corrected chi connectivity index (χ0v) is 18.3. The molecule has 2 N–H and O–H groups in total. The van der Waals surface area contributed by atoms with Gasteiger partial charge < -0.3 is 15.2 Å². The van der Waals surface area contributed by atoms with Crippen LogP contribution in [0.15, 0.2) is 4.99 Å². The summed E-state index contributed by atoms with van der Waals surface area (Å²) in [4.78, 5) is 5.67. The molecule has 0 amide bonds. The summed E-state index contributed by atoms with van der Waals surface area (Å²) in [5, 5.41) is 14.5. The van der Waals surface area contributed by atoms with Crippen molar-refractivity contribution in [1.29, 1.82) is 0 Å². The lowest BCUT2D eigenvalue weighted by molar-refractivity contribution is -0.148. The quantitative estimate of drug-likeness (QED) is 0.354. The van der Waals surface area contributed by atoms with Crippen LogP contribution in [-0.4, -0.2) is 65.0 Å². The van der Waals surface area contributed by atoms with Crippen LogP contribution in [0.25, 0.3) is 0 Å². The molecule has 0 bridgehead atoms. The molecule has 0 radical (unpaired) electrons. The van der Waals surface area contributed by atoms with Gasteiger partial charge in [0.05, 0.1) is 13.1 Å². The summed E-state index contributed by atoms with van der Waals surface area (Å²) in [6.45, 7) is 3.39. The molecule has 27 heavy (non-hydrogen) atoms. The summed E-state index contributed by atoms with van der Waals surface area (Å²) in [5.41, 5.74) is 0. The van der Waals surface area contributed by atoms with Crippen molar-refractivity contribution in [3.05, 3.63) is 11.6 Å². The van der Waals surface area contributed by atoms with Gasteiger partial charge in [0.2, 0.25) is 0 Å². The van der Waals surface area contributed by atoms with Gasteiger partial charge in [0.15, 0.2) is 11.8 Å². The van der Waals surface area contributed by atoms with E-state index in [2.05, 4.69) is 25.8 Å². The van der Waals surface area contributed by atoms with Gasteiger partial charge in [-0.25, -0.2) is 0 Å². The van der Waals surface area contributed by atoms with Crippen molar-refractivity contribution in [2.45, 2.75) is 38.9 Å². The van der Waals surface area contributed by atoms with Crippen molar-refractivity contribution in [2.24, 2.45) is 18.0 Å². The summed E-state index contributed by atoms with van der Waals surface area (Å²) < 4.78 is 39.1. The number of rotatable bonds is 6. The summed E-state index contributed by atoms with van der Waals surface area (Å²) >= 11 is 0. The second-order valence-corrected chi connectivity index (χ2v) is 6.70.